The van der Waals surface area contributed by atoms with Gasteiger partial charge < -0.3 is 10.1 Å². The maximum atomic E-state index is 12.6. The van der Waals surface area contributed by atoms with E-state index in [9.17, 15) is 9.18 Å². The maximum Gasteiger partial charge on any atom is 0.245 e. The van der Waals surface area contributed by atoms with Gasteiger partial charge in [-0.15, -0.1) is 0 Å². The molecule has 1 aromatic rings. The van der Waals surface area contributed by atoms with Crippen LogP contribution < -0.4 is 5.32 Å². The summed E-state index contributed by atoms with van der Waals surface area (Å²) in [5.41, 5.74) is 0.995. The van der Waals surface area contributed by atoms with Crippen molar-refractivity contribution in [2.24, 2.45) is 0 Å². The normalized spacial score (nSPS) is 10.0. The van der Waals surface area contributed by atoms with Gasteiger partial charge in [0.05, 0.1) is 0 Å². The predicted octanol–water partition coefficient (Wildman–Crippen LogP) is 1.13. The Morgan fingerprint density at radius 1 is 1.40 bits per heavy atom. The highest BCUT2D eigenvalue weighted by Crippen LogP contribution is 2.02. The minimum atomic E-state index is -0.248. The Morgan fingerprint density at radius 3 is 2.67 bits per heavy atom. The number of methoxy groups -OCH3 is 1. The molecule has 0 aliphatic rings. The maximum absolute atomic E-state index is 12.6. The molecule has 4 heteroatoms. The molecule has 1 aromatic carbocycles. The lowest BCUT2D eigenvalue weighted by Gasteiger charge is -2.04. The number of benzene rings is 1. The number of hydrogen-bond donors (Lipinski definition) is 1. The van der Waals surface area contributed by atoms with E-state index in [2.05, 4.69) is 10.1 Å². The SMILES string of the molecule is COCC(=O)NCCc1ccc(F)cc1. The van der Waals surface area contributed by atoms with Gasteiger partial charge in [-0.3, -0.25) is 4.79 Å². The summed E-state index contributed by atoms with van der Waals surface area (Å²) >= 11 is 0. The molecule has 3 nitrogen and oxygen atoms in total. The van der Waals surface area contributed by atoms with Crippen molar-refractivity contribution >= 4 is 5.91 Å². The second-order valence-corrected chi connectivity index (χ2v) is 3.16. The van der Waals surface area contributed by atoms with Gasteiger partial charge in [0.1, 0.15) is 12.4 Å². The van der Waals surface area contributed by atoms with Crippen molar-refractivity contribution in [1.29, 1.82) is 0 Å². The van der Waals surface area contributed by atoms with Gasteiger partial charge in [0.15, 0.2) is 0 Å². The summed E-state index contributed by atoms with van der Waals surface area (Å²) in [6.07, 6.45) is 0.690. The van der Waals surface area contributed by atoms with E-state index in [4.69, 9.17) is 0 Å². The van der Waals surface area contributed by atoms with E-state index in [0.29, 0.717) is 13.0 Å². The van der Waals surface area contributed by atoms with Crippen LogP contribution in [-0.2, 0) is 16.0 Å². The molecule has 0 saturated heterocycles. The largest absolute Gasteiger partial charge is 0.375 e. The minimum Gasteiger partial charge on any atom is -0.375 e. The Labute approximate surface area is 88.2 Å². The third kappa shape index (κ3) is 4.56. The van der Waals surface area contributed by atoms with Crippen molar-refractivity contribution < 1.29 is 13.9 Å². The quantitative estimate of drug-likeness (QED) is 0.793. The first-order chi connectivity index (χ1) is 7.22. The van der Waals surface area contributed by atoms with E-state index < -0.39 is 0 Å². The zero-order chi connectivity index (χ0) is 11.1. The van der Waals surface area contributed by atoms with Crippen LogP contribution in [0.15, 0.2) is 24.3 Å². The van der Waals surface area contributed by atoms with E-state index in [-0.39, 0.29) is 18.3 Å². The van der Waals surface area contributed by atoms with E-state index in [1.54, 1.807) is 12.1 Å². The number of carbonyl (C=O) groups excluding carboxylic acids is 1. The summed E-state index contributed by atoms with van der Waals surface area (Å²) in [5, 5.41) is 2.69. The van der Waals surface area contributed by atoms with Crippen LogP contribution >= 0.6 is 0 Å². The molecule has 0 spiro atoms. The zero-order valence-corrected chi connectivity index (χ0v) is 8.63. The Kier molecular flexibility index (Phi) is 4.77. The summed E-state index contributed by atoms with van der Waals surface area (Å²) in [7, 11) is 1.47. The fourth-order valence-electron chi connectivity index (χ4n) is 1.18. The number of amides is 1. The fourth-order valence-corrected chi connectivity index (χ4v) is 1.18. The number of rotatable bonds is 5. The molecular formula is C11H14FNO2. The molecule has 0 unspecified atom stereocenters. The lowest BCUT2D eigenvalue weighted by Crippen LogP contribution is -2.28. The van der Waals surface area contributed by atoms with Crippen molar-refractivity contribution in [3.8, 4) is 0 Å². The van der Waals surface area contributed by atoms with E-state index in [0.717, 1.165) is 5.56 Å². The number of nitrogens with one attached hydrogen (secondary N) is 1. The molecular weight excluding hydrogens is 197 g/mol. The number of ether oxygens (including phenoxy) is 1. The number of hydrogen-bond acceptors (Lipinski definition) is 2. The molecule has 82 valence electrons. The van der Waals surface area contributed by atoms with Gasteiger partial charge in [-0.25, -0.2) is 4.39 Å². The van der Waals surface area contributed by atoms with E-state index >= 15 is 0 Å². The monoisotopic (exact) mass is 211 g/mol. The Bertz CT molecular complexity index is 311. The molecule has 0 heterocycles. The van der Waals surface area contributed by atoms with Crippen molar-refractivity contribution in [2.75, 3.05) is 20.3 Å². The average Bonchev–Trinajstić information content (AvgIpc) is 2.21. The summed E-state index contributed by atoms with van der Waals surface area (Å²) in [6.45, 7) is 0.608. The lowest BCUT2D eigenvalue weighted by atomic mass is 10.1. The molecule has 0 radical (unpaired) electrons. The molecule has 0 saturated carbocycles. The first-order valence-electron chi connectivity index (χ1n) is 4.72. The van der Waals surface area contributed by atoms with E-state index in [1.165, 1.54) is 19.2 Å². The van der Waals surface area contributed by atoms with Crippen LogP contribution in [0.4, 0.5) is 4.39 Å². The van der Waals surface area contributed by atoms with Crippen molar-refractivity contribution in [1.82, 2.24) is 5.32 Å². The van der Waals surface area contributed by atoms with Gasteiger partial charge in [0.25, 0.3) is 0 Å². The summed E-state index contributed by atoms with van der Waals surface area (Å²) in [6, 6.07) is 6.23. The van der Waals surface area contributed by atoms with Gasteiger partial charge in [0, 0.05) is 13.7 Å². The topological polar surface area (TPSA) is 38.3 Å². The first-order valence-corrected chi connectivity index (χ1v) is 4.72. The molecule has 1 rings (SSSR count). The van der Waals surface area contributed by atoms with Crippen molar-refractivity contribution in [3.05, 3.63) is 35.6 Å². The highest BCUT2D eigenvalue weighted by molar-refractivity contribution is 5.77. The highest BCUT2D eigenvalue weighted by atomic mass is 19.1. The Balaban J connectivity index is 2.26. The van der Waals surface area contributed by atoms with Gasteiger partial charge in [-0.05, 0) is 24.1 Å². The zero-order valence-electron chi connectivity index (χ0n) is 8.63. The Hall–Kier alpha value is -1.42. The molecule has 0 atom stereocenters. The van der Waals surface area contributed by atoms with Gasteiger partial charge in [-0.1, -0.05) is 12.1 Å². The lowest BCUT2D eigenvalue weighted by molar-refractivity contribution is -0.124. The molecule has 0 aliphatic heterocycles. The smallest absolute Gasteiger partial charge is 0.245 e. The fraction of sp³-hybridized carbons (Fsp3) is 0.364. The second kappa shape index (κ2) is 6.14. The number of carbonyl (C=O) groups is 1. The third-order valence-corrected chi connectivity index (χ3v) is 1.92. The van der Waals surface area contributed by atoms with Crippen molar-refractivity contribution in [3.63, 3.8) is 0 Å². The second-order valence-electron chi connectivity index (χ2n) is 3.16. The van der Waals surface area contributed by atoms with Gasteiger partial charge in [-0.2, -0.15) is 0 Å². The predicted molar refractivity (Wildman–Crippen MR) is 55.0 cm³/mol. The van der Waals surface area contributed by atoms with Crippen LogP contribution in [-0.4, -0.2) is 26.2 Å². The van der Waals surface area contributed by atoms with Crippen LogP contribution in [0.25, 0.3) is 0 Å². The summed E-state index contributed by atoms with van der Waals surface area (Å²) in [4.78, 5) is 11.0. The first kappa shape index (κ1) is 11.7. The summed E-state index contributed by atoms with van der Waals surface area (Å²) in [5.74, 6) is -0.387. The van der Waals surface area contributed by atoms with Crippen LogP contribution in [0.5, 0.6) is 0 Å². The molecule has 0 fully saturated rings. The van der Waals surface area contributed by atoms with Crippen LogP contribution in [0.1, 0.15) is 5.56 Å². The highest BCUT2D eigenvalue weighted by Gasteiger charge is 1.99. The van der Waals surface area contributed by atoms with E-state index in [1.807, 2.05) is 0 Å². The Morgan fingerprint density at radius 2 is 2.07 bits per heavy atom. The molecule has 0 bridgehead atoms. The molecule has 1 amide bonds. The average molecular weight is 211 g/mol. The molecule has 1 N–H and O–H groups in total. The van der Waals surface area contributed by atoms with Crippen molar-refractivity contribution in [2.45, 2.75) is 6.42 Å². The molecule has 0 aromatic heterocycles. The third-order valence-electron chi connectivity index (χ3n) is 1.92. The molecule has 15 heavy (non-hydrogen) atoms. The minimum absolute atomic E-state index is 0.0728. The van der Waals surface area contributed by atoms with Crippen LogP contribution in [0, 0.1) is 5.82 Å². The van der Waals surface area contributed by atoms with Gasteiger partial charge >= 0.3 is 0 Å². The standard InChI is InChI=1S/C11H14FNO2/c1-15-8-11(14)13-7-6-9-2-4-10(12)5-3-9/h2-5H,6-8H2,1H3,(H,13,14). The van der Waals surface area contributed by atoms with Crippen LogP contribution in [0.3, 0.4) is 0 Å². The molecule has 0 aliphatic carbocycles. The van der Waals surface area contributed by atoms with Gasteiger partial charge in [0.2, 0.25) is 5.91 Å². The van der Waals surface area contributed by atoms with Crippen LogP contribution in [0.2, 0.25) is 0 Å². The summed E-state index contributed by atoms with van der Waals surface area (Å²) < 4.78 is 17.2. The number of halogens is 1.